The summed E-state index contributed by atoms with van der Waals surface area (Å²) in [6.45, 7) is 1.93. The van der Waals surface area contributed by atoms with Gasteiger partial charge in [0.1, 0.15) is 6.61 Å². The van der Waals surface area contributed by atoms with Gasteiger partial charge in [0.25, 0.3) is 0 Å². The second-order valence-corrected chi connectivity index (χ2v) is 7.21. The number of rotatable bonds is 19. The fraction of sp³-hybridized carbons (Fsp3) is 0.864. The highest BCUT2D eigenvalue weighted by molar-refractivity contribution is 5.69. The predicted molar refractivity (Wildman–Crippen MR) is 108 cm³/mol. The molecule has 0 aliphatic rings. The van der Waals surface area contributed by atoms with Crippen molar-refractivity contribution in [1.29, 1.82) is 0 Å². The van der Waals surface area contributed by atoms with Crippen molar-refractivity contribution >= 4 is 5.97 Å². The van der Waals surface area contributed by atoms with E-state index in [1.54, 1.807) is 0 Å². The third-order valence-electron chi connectivity index (χ3n) is 4.54. The summed E-state index contributed by atoms with van der Waals surface area (Å²) in [6.07, 6.45) is 22.3. The average Bonchev–Trinajstić information content (AvgIpc) is 2.62. The van der Waals surface area contributed by atoms with Crippen molar-refractivity contribution < 1.29 is 19.7 Å². The van der Waals surface area contributed by atoms with Gasteiger partial charge in [-0.3, -0.25) is 4.79 Å². The normalized spacial score (nSPS) is 11.5. The molecule has 0 spiro atoms. The van der Waals surface area contributed by atoms with E-state index < -0.39 is 6.29 Å². The lowest BCUT2D eigenvalue weighted by Gasteiger charge is -2.05. The Bertz CT molecular complexity index is 326. The molecule has 0 aromatic carbocycles. The van der Waals surface area contributed by atoms with Crippen LogP contribution in [0.3, 0.4) is 0 Å². The van der Waals surface area contributed by atoms with Crippen LogP contribution < -0.4 is 0 Å². The van der Waals surface area contributed by atoms with Gasteiger partial charge >= 0.3 is 5.97 Å². The number of aliphatic hydroxyl groups is 2. The van der Waals surface area contributed by atoms with E-state index in [2.05, 4.69) is 23.8 Å². The average molecular weight is 371 g/mol. The molecule has 0 rings (SSSR count). The van der Waals surface area contributed by atoms with E-state index in [9.17, 15) is 4.79 Å². The molecule has 0 aromatic rings. The first kappa shape index (κ1) is 25.1. The largest absolute Gasteiger partial charge is 0.460 e. The molecule has 0 aliphatic heterocycles. The lowest BCUT2D eigenvalue weighted by molar-refractivity contribution is -0.156. The predicted octanol–water partition coefficient (Wildman–Crippen LogP) is 5.66. The molecule has 0 bridgehead atoms. The van der Waals surface area contributed by atoms with Crippen LogP contribution in [0.4, 0.5) is 0 Å². The topological polar surface area (TPSA) is 66.8 Å². The molecule has 0 radical (unpaired) electrons. The third-order valence-corrected chi connectivity index (χ3v) is 4.54. The van der Waals surface area contributed by atoms with Gasteiger partial charge in [0.2, 0.25) is 0 Å². The van der Waals surface area contributed by atoms with Gasteiger partial charge in [-0.15, -0.1) is 0 Å². The standard InChI is InChI=1S/C22H42O4/c1-2-3-4-5-6-7-8-9-10-11-12-13-14-15-16-17-18-19-22(25)26-20-21(23)24/h9-10,21,23-24H,2-8,11-20H2,1H3/b10-9-. The van der Waals surface area contributed by atoms with Gasteiger partial charge in [-0.05, 0) is 32.1 Å². The Kier molecular flexibility index (Phi) is 19.8. The summed E-state index contributed by atoms with van der Waals surface area (Å²) in [5.74, 6) is -0.342. The smallest absolute Gasteiger partial charge is 0.305 e. The number of aliphatic hydroxyl groups excluding tert-OH is 1. The third kappa shape index (κ3) is 21.2. The Morgan fingerprint density at radius 2 is 1.23 bits per heavy atom. The van der Waals surface area contributed by atoms with Crippen LogP contribution in [0.2, 0.25) is 0 Å². The van der Waals surface area contributed by atoms with Crippen LogP contribution in [0.1, 0.15) is 110 Å². The molecule has 0 heterocycles. The molecular weight excluding hydrogens is 328 g/mol. The summed E-state index contributed by atoms with van der Waals surface area (Å²) < 4.78 is 4.69. The van der Waals surface area contributed by atoms with Gasteiger partial charge in [0.05, 0.1) is 0 Å². The van der Waals surface area contributed by atoms with Crippen LogP contribution in [-0.4, -0.2) is 29.1 Å². The lowest BCUT2D eigenvalue weighted by Crippen LogP contribution is -2.17. The van der Waals surface area contributed by atoms with Crippen LogP contribution >= 0.6 is 0 Å². The van der Waals surface area contributed by atoms with Gasteiger partial charge in [0.15, 0.2) is 6.29 Å². The van der Waals surface area contributed by atoms with Gasteiger partial charge in [0, 0.05) is 6.42 Å². The number of allylic oxidation sites excluding steroid dienone is 2. The first-order valence-electron chi connectivity index (χ1n) is 10.8. The van der Waals surface area contributed by atoms with Gasteiger partial charge < -0.3 is 14.9 Å². The van der Waals surface area contributed by atoms with Gasteiger partial charge in [-0.2, -0.15) is 0 Å². The number of carbonyl (C=O) groups excluding carboxylic acids is 1. The van der Waals surface area contributed by atoms with E-state index in [1.807, 2.05) is 0 Å². The summed E-state index contributed by atoms with van der Waals surface area (Å²) >= 11 is 0. The van der Waals surface area contributed by atoms with Crippen LogP contribution in [-0.2, 0) is 9.53 Å². The molecule has 4 heteroatoms. The molecule has 0 fully saturated rings. The highest BCUT2D eigenvalue weighted by Gasteiger charge is 2.05. The van der Waals surface area contributed by atoms with Crippen LogP contribution in [0, 0.1) is 0 Å². The fourth-order valence-corrected chi connectivity index (χ4v) is 2.93. The molecule has 0 saturated carbocycles. The summed E-state index contributed by atoms with van der Waals surface area (Å²) in [6, 6.07) is 0. The SMILES string of the molecule is CCCCCCCC/C=C\CCCCCCCCCC(=O)OCC(O)O. The van der Waals surface area contributed by atoms with Crippen molar-refractivity contribution in [3.8, 4) is 0 Å². The first-order valence-corrected chi connectivity index (χ1v) is 10.8. The first-order chi connectivity index (χ1) is 12.7. The molecule has 0 aliphatic carbocycles. The molecule has 26 heavy (non-hydrogen) atoms. The van der Waals surface area contributed by atoms with Crippen molar-refractivity contribution in [3.63, 3.8) is 0 Å². The monoisotopic (exact) mass is 370 g/mol. The van der Waals surface area contributed by atoms with Gasteiger partial charge in [-0.25, -0.2) is 0 Å². The summed E-state index contributed by atoms with van der Waals surface area (Å²) in [5, 5.41) is 17.2. The Hall–Kier alpha value is -0.870. The van der Waals surface area contributed by atoms with Crippen molar-refractivity contribution in [2.24, 2.45) is 0 Å². The zero-order valence-electron chi connectivity index (χ0n) is 17.0. The van der Waals surface area contributed by atoms with Crippen LogP contribution in [0.25, 0.3) is 0 Å². The lowest BCUT2D eigenvalue weighted by atomic mass is 10.1. The van der Waals surface area contributed by atoms with E-state index in [1.165, 1.54) is 77.0 Å². The Labute approximate surface area is 161 Å². The number of hydrogen-bond acceptors (Lipinski definition) is 4. The maximum Gasteiger partial charge on any atom is 0.305 e. The van der Waals surface area contributed by atoms with Crippen molar-refractivity contribution in [1.82, 2.24) is 0 Å². The Morgan fingerprint density at radius 3 is 1.73 bits per heavy atom. The van der Waals surface area contributed by atoms with Crippen LogP contribution in [0.15, 0.2) is 12.2 Å². The van der Waals surface area contributed by atoms with Gasteiger partial charge in [-0.1, -0.05) is 83.3 Å². The number of carbonyl (C=O) groups is 1. The minimum absolute atomic E-state index is 0.327. The molecule has 2 N–H and O–H groups in total. The van der Waals surface area contributed by atoms with E-state index in [4.69, 9.17) is 10.2 Å². The number of ether oxygens (including phenoxy) is 1. The van der Waals surface area contributed by atoms with Crippen molar-refractivity contribution in [2.75, 3.05) is 6.61 Å². The van der Waals surface area contributed by atoms with Crippen molar-refractivity contribution in [3.05, 3.63) is 12.2 Å². The van der Waals surface area contributed by atoms with Crippen molar-refractivity contribution in [2.45, 2.75) is 116 Å². The highest BCUT2D eigenvalue weighted by atomic mass is 16.6. The zero-order valence-corrected chi connectivity index (χ0v) is 17.0. The number of esters is 1. The Morgan fingerprint density at radius 1 is 0.769 bits per heavy atom. The fourth-order valence-electron chi connectivity index (χ4n) is 2.93. The summed E-state index contributed by atoms with van der Waals surface area (Å²) in [7, 11) is 0. The maximum absolute atomic E-state index is 11.3. The maximum atomic E-state index is 11.3. The van der Waals surface area contributed by atoms with E-state index in [-0.39, 0.29) is 12.6 Å². The minimum Gasteiger partial charge on any atom is -0.460 e. The summed E-state index contributed by atoms with van der Waals surface area (Å²) in [4.78, 5) is 11.3. The van der Waals surface area contributed by atoms with E-state index in [0.29, 0.717) is 6.42 Å². The van der Waals surface area contributed by atoms with Crippen LogP contribution in [0.5, 0.6) is 0 Å². The summed E-state index contributed by atoms with van der Waals surface area (Å²) in [5.41, 5.74) is 0. The molecule has 0 saturated heterocycles. The molecule has 0 amide bonds. The Balaban J connectivity index is 3.17. The molecule has 0 unspecified atom stereocenters. The second kappa shape index (κ2) is 20.4. The highest BCUT2D eigenvalue weighted by Crippen LogP contribution is 2.11. The zero-order chi connectivity index (χ0) is 19.3. The number of unbranched alkanes of at least 4 members (excludes halogenated alkanes) is 13. The molecule has 4 nitrogen and oxygen atoms in total. The number of hydrogen-bond donors (Lipinski definition) is 2. The second-order valence-electron chi connectivity index (χ2n) is 7.21. The molecule has 154 valence electrons. The van der Waals surface area contributed by atoms with E-state index >= 15 is 0 Å². The minimum atomic E-state index is -1.57. The molecule has 0 aromatic heterocycles. The molecular formula is C22H42O4. The quantitative estimate of drug-likeness (QED) is 0.133. The molecule has 0 atom stereocenters. The van der Waals surface area contributed by atoms with E-state index in [0.717, 1.165) is 19.3 Å².